The Morgan fingerprint density at radius 3 is 2.64 bits per heavy atom. The maximum atomic E-state index is 13.5. The van der Waals surface area contributed by atoms with E-state index in [0.717, 1.165) is 37.2 Å². The van der Waals surface area contributed by atoms with Gasteiger partial charge in [-0.05, 0) is 18.9 Å². The highest BCUT2D eigenvalue weighted by Crippen LogP contribution is 2.32. The molecule has 1 aromatic carbocycles. The predicted octanol–water partition coefficient (Wildman–Crippen LogP) is 2.45. The van der Waals surface area contributed by atoms with Gasteiger partial charge in [-0.3, -0.25) is 9.59 Å². The molecular weight excluding hydrogens is 354 g/mol. The maximum Gasteiger partial charge on any atom is 0.228 e. The van der Waals surface area contributed by atoms with E-state index in [4.69, 9.17) is 4.74 Å². The van der Waals surface area contributed by atoms with Crippen molar-refractivity contribution in [3.63, 3.8) is 0 Å². The summed E-state index contributed by atoms with van der Waals surface area (Å²) in [6.07, 6.45) is 1.72. The normalized spacial score (nSPS) is 23.4. The molecule has 0 radical (unpaired) electrons. The van der Waals surface area contributed by atoms with Gasteiger partial charge in [-0.15, -0.1) is 0 Å². The summed E-state index contributed by atoms with van der Waals surface area (Å²) in [5.74, 6) is 0.966. The van der Waals surface area contributed by atoms with Crippen LogP contribution in [0.25, 0.3) is 0 Å². The molecule has 0 spiro atoms. The molecule has 1 N–H and O–H groups in total. The number of hydrogen-bond acceptors (Lipinski definition) is 4. The van der Waals surface area contributed by atoms with Crippen molar-refractivity contribution >= 4 is 11.8 Å². The van der Waals surface area contributed by atoms with Crippen molar-refractivity contribution in [2.24, 2.45) is 11.3 Å². The molecule has 2 unspecified atom stereocenters. The molecule has 2 saturated heterocycles. The first-order chi connectivity index (χ1) is 13.3. The number of amides is 2. The molecule has 2 aliphatic heterocycles. The fraction of sp³-hybridized carbons (Fsp3) is 0.636. The Hall–Kier alpha value is -2.08. The summed E-state index contributed by atoms with van der Waals surface area (Å²) in [6.45, 7) is 9.26. The van der Waals surface area contributed by atoms with Crippen LogP contribution >= 0.6 is 0 Å². The van der Waals surface area contributed by atoms with Crippen LogP contribution < -0.4 is 10.1 Å². The smallest absolute Gasteiger partial charge is 0.228 e. The van der Waals surface area contributed by atoms with Crippen molar-refractivity contribution in [3.05, 3.63) is 29.8 Å². The van der Waals surface area contributed by atoms with Gasteiger partial charge in [-0.25, -0.2) is 0 Å². The monoisotopic (exact) mass is 387 g/mol. The second-order valence-electron chi connectivity index (χ2n) is 8.83. The van der Waals surface area contributed by atoms with Gasteiger partial charge in [-0.1, -0.05) is 39.0 Å². The van der Waals surface area contributed by atoms with E-state index in [1.807, 2.05) is 54.8 Å². The fourth-order valence-corrected chi connectivity index (χ4v) is 4.26. The Morgan fingerprint density at radius 2 is 1.93 bits per heavy atom. The molecule has 0 bridgehead atoms. The largest absolute Gasteiger partial charge is 0.496 e. The van der Waals surface area contributed by atoms with E-state index in [1.165, 1.54) is 0 Å². The van der Waals surface area contributed by atoms with E-state index < -0.39 is 5.41 Å². The molecule has 0 aliphatic carbocycles. The van der Waals surface area contributed by atoms with Gasteiger partial charge in [0.05, 0.1) is 19.1 Å². The molecule has 2 heterocycles. The van der Waals surface area contributed by atoms with Crippen LogP contribution in [0.2, 0.25) is 0 Å². The van der Waals surface area contributed by atoms with Crippen LogP contribution in [0, 0.1) is 11.3 Å². The number of carbonyl (C=O) groups is 2. The Kier molecular flexibility index (Phi) is 6.28. The molecule has 6 nitrogen and oxygen atoms in total. The third kappa shape index (κ3) is 4.32. The first-order valence-electron chi connectivity index (χ1n) is 10.3. The Bertz CT molecular complexity index is 713. The van der Waals surface area contributed by atoms with Crippen molar-refractivity contribution in [3.8, 4) is 5.75 Å². The molecule has 0 aromatic heterocycles. The number of carbonyl (C=O) groups excluding carboxylic acids is 2. The molecule has 0 saturated carbocycles. The van der Waals surface area contributed by atoms with E-state index in [-0.39, 0.29) is 23.8 Å². The molecule has 2 aliphatic rings. The van der Waals surface area contributed by atoms with Gasteiger partial charge < -0.3 is 19.9 Å². The number of nitrogens with one attached hydrogen (secondary N) is 1. The van der Waals surface area contributed by atoms with Gasteiger partial charge in [0.2, 0.25) is 11.8 Å². The van der Waals surface area contributed by atoms with Gasteiger partial charge in [0.25, 0.3) is 0 Å². The SMILES string of the molecule is COc1ccccc1C1CNCCN1C(=O)C1CCCN(C(=O)C(C)(C)C)C1. The Morgan fingerprint density at radius 1 is 1.18 bits per heavy atom. The number of hydrogen-bond donors (Lipinski definition) is 1. The summed E-state index contributed by atoms with van der Waals surface area (Å²) in [5.41, 5.74) is 0.615. The van der Waals surface area contributed by atoms with Crippen LogP contribution in [-0.4, -0.2) is 61.4 Å². The number of piperazine rings is 1. The summed E-state index contributed by atoms with van der Waals surface area (Å²) < 4.78 is 5.54. The third-order valence-corrected chi connectivity index (χ3v) is 5.72. The van der Waals surface area contributed by atoms with Crippen molar-refractivity contribution in [2.45, 2.75) is 39.7 Å². The minimum atomic E-state index is -0.417. The van der Waals surface area contributed by atoms with Gasteiger partial charge in [0, 0.05) is 43.7 Å². The second kappa shape index (κ2) is 8.52. The summed E-state index contributed by atoms with van der Waals surface area (Å²) in [4.78, 5) is 30.1. The minimum Gasteiger partial charge on any atom is -0.496 e. The molecule has 2 atom stereocenters. The third-order valence-electron chi connectivity index (χ3n) is 5.72. The van der Waals surface area contributed by atoms with Crippen molar-refractivity contribution in [2.75, 3.05) is 39.8 Å². The van der Waals surface area contributed by atoms with Crippen LogP contribution in [0.5, 0.6) is 5.75 Å². The van der Waals surface area contributed by atoms with Crippen molar-refractivity contribution < 1.29 is 14.3 Å². The molecule has 2 amide bonds. The van der Waals surface area contributed by atoms with Gasteiger partial charge in [0.1, 0.15) is 5.75 Å². The average molecular weight is 388 g/mol. The van der Waals surface area contributed by atoms with Crippen LogP contribution in [0.1, 0.15) is 45.2 Å². The molecule has 1 aromatic rings. The lowest BCUT2D eigenvalue weighted by atomic mass is 9.90. The first kappa shape index (κ1) is 20.6. The molecular formula is C22H33N3O3. The van der Waals surface area contributed by atoms with Crippen LogP contribution in [0.4, 0.5) is 0 Å². The van der Waals surface area contributed by atoms with E-state index in [0.29, 0.717) is 19.6 Å². The molecule has 3 rings (SSSR count). The summed E-state index contributed by atoms with van der Waals surface area (Å²) >= 11 is 0. The molecule has 6 heteroatoms. The number of rotatable bonds is 3. The van der Waals surface area contributed by atoms with Crippen molar-refractivity contribution in [1.29, 1.82) is 0 Å². The highest BCUT2D eigenvalue weighted by atomic mass is 16.5. The zero-order valence-electron chi connectivity index (χ0n) is 17.5. The minimum absolute atomic E-state index is 0.0499. The van der Waals surface area contributed by atoms with E-state index in [9.17, 15) is 9.59 Å². The first-order valence-corrected chi connectivity index (χ1v) is 10.3. The standard InChI is InChI=1S/C22H33N3O3/c1-22(2,3)21(27)24-12-7-8-16(15-24)20(26)25-13-11-23-14-18(25)17-9-5-6-10-19(17)28-4/h5-6,9-10,16,18,23H,7-8,11-15H2,1-4H3. The summed E-state index contributed by atoms with van der Waals surface area (Å²) in [7, 11) is 1.67. The topological polar surface area (TPSA) is 61.9 Å². The highest BCUT2D eigenvalue weighted by Gasteiger charge is 2.38. The predicted molar refractivity (Wildman–Crippen MR) is 109 cm³/mol. The molecule has 154 valence electrons. The zero-order chi connectivity index (χ0) is 20.3. The summed E-state index contributed by atoms with van der Waals surface area (Å²) in [6, 6.07) is 7.86. The lowest BCUT2D eigenvalue weighted by Crippen LogP contribution is -2.54. The lowest BCUT2D eigenvalue weighted by molar-refractivity contribution is -0.146. The average Bonchev–Trinajstić information content (AvgIpc) is 2.72. The Balaban J connectivity index is 1.78. The number of ether oxygens (including phenoxy) is 1. The number of likely N-dealkylation sites (tertiary alicyclic amines) is 1. The molecule has 2 fully saturated rings. The highest BCUT2D eigenvalue weighted by molar-refractivity contribution is 5.84. The van der Waals surface area contributed by atoms with Crippen LogP contribution in [0.3, 0.4) is 0 Å². The number of benzene rings is 1. The van der Waals surface area contributed by atoms with Crippen LogP contribution in [0.15, 0.2) is 24.3 Å². The van der Waals surface area contributed by atoms with Gasteiger partial charge >= 0.3 is 0 Å². The van der Waals surface area contributed by atoms with Gasteiger partial charge in [-0.2, -0.15) is 0 Å². The number of piperidine rings is 1. The quantitative estimate of drug-likeness (QED) is 0.865. The van der Waals surface area contributed by atoms with E-state index >= 15 is 0 Å². The number of nitrogens with zero attached hydrogens (tertiary/aromatic N) is 2. The zero-order valence-corrected chi connectivity index (χ0v) is 17.5. The van der Waals surface area contributed by atoms with Crippen molar-refractivity contribution in [1.82, 2.24) is 15.1 Å². The molecule has 28 heavy (non-hydrogen) atoms. The van der Waals surface area contributed by atoms with Crippen LogP contribution in [-0.2, 0) is 9.59 Å². The second-order valence-corrected chi connectivity index (χ2v) is 8.83. The fourth-order valence-electron chi connectivity index (χ4n) is 4.26. The summed E-state index contributed by atoms with van der Waals surface area (Å²) in [5, 5.41) is 3.41. The van der Waals surface area contributed by atoms with E-state index in [2.05, 4.69) is 5.32 Å². The number of para-hydroxylation sites is 1. The maximum absolute atomic E-state index is 13.5. The Labute approximate surface area is 168 Å². The number of methoxy groups -OCH3 is 1. The van der Waals surface area contributed by atoms with E-state index in [1.54, 1.807) is 7.11 Å². The lowest BCUT2D eigenvalue weighted by Gasteiger charge is -2.42. The van der Waals surface area contributed by atoms with Gasteiger partial charge in [0.15, 0.2) is 0 Å².